The van der Waals surface area contributed by atoms with Crippen molar-refractivity contribution in [2.45, 2.75) is 65.1 Å². The summed E-state index contributed by atoms with van der Waals surface area (Å²) in [5.74, 6) is 2.04. The Morgan fingerprint density at radius 1 is 1.19 bits per heavy atom. The minimum absolute atomic E-state index is 0.0754. The van der Waals surface area contributed by atoms with Gasteiger partial charge < -0.3 is 15.2 Å². The quantitative estimate of drug-likeness (QED) is 0.601. The van der Waals surface area contributed by atoms with Gasteiger partial charge in [0, 0.05) is 36.7 Å². The molecule has 0 spiro atoms. The second-order valence-corrected chi connectivity index (χ2v) is 10.8. The van der Waals surface area contributed by atoms with E-state index >= 15 is 0 Å². The third-order valence-electron chi connectivity index (χ3n) is 7.81. The van der Waals surface area contributed by atoms with Crippen molar-refractivity contribution in [1.82, 2.24) is 25.3 Å². The van der Waals surface area contributed by atoms with Crippen molar-refractivity contribution in [2.75, 3.05) is 0 Å². The average molecular weight is 454 g/mol. The summed E-state index contributed by atoms with van der Waals surface area (Å²) in [6, 6.07) is 7.86. The molecule has 7 nitrogen and oxygen atoms in total. The molecule has 0 aliphatic carbocycles. The van der Waals surface area contributed by atoms with Gasteiger partial charge in [-0.25, -0.2) is 4.68 Å². The number of phenols is 1. The Balaban J connectivity index is 1.32. The summed E-state index contributed by atoms with van der Waals surface area (Å²) in [6.45, 7) is 11.3. The first-order chi connectivity index (χ1) is 15.2. The standard InChI is InChI=1S/C24H31N5O2S/c1-13-8-9-29(28-13)17-6-7-19(21(30)10-17)22-26-27-23(32-22)31-18-11-20-15(3)14(2)16(4)24(5,12-18)25-20/h6-10,14-16,18,20,25,30H,11-12H2,1-5H3. The van der Waals surface area contributed by atoms with E-state index in [9.17, 15) is 5.11 Å². The zero-order chi connectivity index (χ0) is 22.6. The minimum atomic E-state index is 0.0754. The fourth-order valence-corrected chi connectivity index (χ4v) is 6.24. The maximum Gasteiger partial charge on any atom is 0.294 e. The van der Waals surface area contributed by atoms with Crippen molar-refractivity contribution < 1.29 is 9.84 Å². The second kappa shape index (κ2) is 7.85. The lowest BCUT2D eigenvalue weighted by molar-refractivity contribution is -0.0334. The van der Waals surface area contributed by atoms with Gasteiger partial charge in [-0.15, -0.1) is 5.10 Å². The molecule has 2 fully saturated rings. The SMILES string of the molecule is Cc1ccn(-c2ccc(-c3nnc(OC4CC5NC(C)(C4)C(C)C(C)C5C)s3)c(O)c2)n1. The van der Waals surface area contributed by atoms with E-state index in [2.05, 4.69) is 48.3 Å². The summed E-state index contributed by atoms with van der Waals surface area (Å²) in [4.78, 5) is 0. The molecule has 4 heterocycles. The normalized spacial score (nSPS) is 32.1. The molecule has 8 heteroatoms. The summed E-state index contributed by atoms with van der Waals surface area (Å²) in [6.07, 6.45) is 3.92. The van der Waals surface area contributed by atoms with Gasteiger partial charge in [0.15, 0.2) is 5.01 Å². The van der Waals surface area contributed by atoms with E-state index < -0.39 is 0 Å². The van der Waals surface area contributed by atoms with Crippen LogP contribution >= 0.6 is 11.3 Å². The smallest absolute Gasteiger partial charge is 0.294 e. The molecule has 3 aromatic rings. The van der Waals surface area contributed by atoms with Crippen LogP contribution in [0.15, 0.2) is 30.5 Å². The third kappa shape index (κ3) is 3.69. The number of piperidine rings is 2. The van der Waals surface area contributed by atoms with Crippen LogP contribution in [0.25, 0.3) is 16.3 Å². The van der Waals surface area contributed by atoms with Gasteiger partial charge in [0.2, 0.25) is 0 Å². The van der Waals surface area contributed by atoms with Crippen LogP contribution < -0.4 is 10.1 Å². The van der Waals surface area contributed by atoms with Gasteiger partial charge in [-0.05, 0) is 49.8 Å². The number of hydrogen-bond donors (Lipinski definition) is 2. The summed E-state index contributed by atoms with van der Waals surface area (Å²) < 4.78 is 8.08. The molecule has 6 unspecified atom stereocenters. The van der Waals surface area contributed by atoms with Crippen LogP contribution in [-0.2, 0) is 0 Å². The molecular weight excluding hydrogens is 422 g/mol. The molecule has 0 amide bonds. The van der Waals surface area contributed by atoms with Crippen LogP contribution in [0.2, 0.25) is 0 Å². The van der Waals surface area contributed by atoms with Crippen molar-refractivity contribution in [3.05, 3.63) is 36.2 Å². The molecular formula is C24H31N5O2S. The van der Waals surface area contributed by atoms with Crippen molar-refractivity contribution in [3.8, 4) is 27.2 Å². The van der Waals surface area contributed by atoms with Crippen LogP contribution in [0.1, 0.15) is 46.2 Å². The highest BCUT2D eigenvalue weighted by molar-refractivity contribution is 7.16. The van der Waals surface area contributed by atoms with Crippen LogP contribution in [0, 0.1) is 24.7 Å². The van der Waals surface area contributed by atoms with Crippen molar-refractivity contribution >= 4 is 11.3 Å². The molecule has 0 radical (unpaired) electrons. The van der Waals surface area contributed by atoms with Gasteiger partial charge in [-0.3, -0.25) is 0 Å². The molecule has 5 rings (SSSR count). The lowest BCUT2D eigenvalue weighted by atomic mass is 9.62. The van der Waals surface area contributed by atoms with Gasteiger partial charge in [0.1, 0.15) is 11.9 Å². The molecule has 1 aromatic carbocycles. The van der Waals surface area contributed by atoms with E-state index in [1.807, 2.05) is 31.3 Å². The molecule has 2 aliphatic heterocycles. The maximum atomic E-state index is 10.6. The predicted octanol–water partition coefficient (Wildman–Crippen LogP) is 4.58. The number of phenolic OH excluding ortho intramolecular Hbond substituents is 1. The van der Waals surface area contributed by atoms with Crippen molar-refractivity contribution in [3.63, 3.8) is 0 Å². The van der Waals surface area contributed by atoms with E-state index in [1.165, 1.54) is 11.3 Å². The fourth-order valence-electron chi connectivity index (χ4n) is 5.45. The number of rotatable bonds is 4. The zero-order valence-electron chi connectivity index (χ0n) is 19.2. The molecule has 2 saturated heterocycles. The summed E-state index contributed by atoms with van der Waals surface area (Å²) >= 11 is 1.38. The number of nitrogens with one attached hydrogen (secondary N) is 1. The third-order valence-corrected chi connectivity index (χ3v) is 8.66. The van der Waals surface area contributed by atoms with Crippen LogP contribution in [0.3, 0.4) is 0 Å². The summed E-state index contributed by atoms with van der Waals surface area (Å²) in [5, 5.41) is 28.7. The molecule has 2 bridgehead atoms. The first-order valence-electron chi connectivity index (χ1n) is 11.4. The largest absolute Gasteiger partial charge is 0.507 e. The van der Waals surface area contributed by atoms with E-state index in [0.717, 1.165) is 24.2 Å². The Kier molecular flexibility index (Phi) is 5.25. The highest BCUT2D eigenvalue weighted by atomic mass is 32.1. The number of aryl methyl sites for hydroxylation is 1. The second-order valence-electron chi connectivity index (χ2n) is 9.83. The number of aromatic nitrogens is 4. The Morgan fingerprint density at radius 3 is 2.72 bits per heavy atom. The van der Waals surface area contributed by atoms with Gasteiger partial charge in [0.25, 0.3) is 5.19 Å². The summed E-state index contributed by atoms with van der Waals surface area (Å²) in [7, 11) is 0. The highest BCUT2D eigenvalue weighted by Gasteiger charge is 2.50. The van der Waals surface area contributed by atoms with Gasteiger partial charge >= 0.3 is 0 Å². The minimum Gasteiger partial charge on any atom is -0.507 e. The van der Waals surface area contributed by atoms with E-state index in [-0.39, 0.29) is 17.4 Å². The molecule has 32 heavy (non-hydrogen) atoms. The van der Waals surface area contributed by atoms with Crippen LogP contribution in [-0.4, -0.2) is 42.8 Å². The Bertz CT molecular complexity index is 1130. The predicted molar refractivity (Wildman–Crippen MR) is 125 cm³/mol. The molecule has 6 atom stereocenters. The number of benzene rings is 1. The molecule has 170 valence electrons. The first kappa shape index (κ1) is 21.4. The van der Waals surface area contributed by atoms with Crippen molar-refractivity contribution in [2.24, 2.45) is 17.8 Å². The number of fused-ring (bicyclic) bond motifs is 2. The van der Waals surface area contributed by atoms with E-state index in [0.29, 0.717) is 39.6 Å². The summed E-state index contributed by atoms with van der Waals surface area (Å²) in [5.41, 5.74) is 2.45. The highest BCUT2D eigenvalue weighted by Crippen LogP contribution is 2.45. The number of nitrogens with zero attached hydrogens (tertiary/aromatic N) is 4. The number of aromatic hydroxyl groups is 1. The van der Waals surface area contributed by atoms with E-state index in [1.54, 1.807) is 10.7 Å². The van der Waals surface area contributed by atoms with Gasteiger partial charge in [-0.1, -0.05) is 37.2 Å². The van der Waals surface area contributed by atoms with E-state index in [4.69, 9.17) is 4.74 Å². The Hall–Kier alpha value is -2.45. The maximum absolute atomic E-state index is 10.6. The van der Waals surface area contributed by atoms with Crippen LogP contribution in [0.4, 0.5) is 0 Å². The Labute approximate surface area is 192 Å². The monoisotopic (exact) mass is 453 g/mol. The fraction of sp³-hybridized carbons (Fsp3) is 0.542. The lowest BCUT2D eigenvalue weighted by Crippen LogP contribution is -2.67. The number of hydrogen-bond acceptors (Lipinski definition) is 7. The number of ether oxygens (including phenoxy) is 1. The van der Waals surface area contributed by atoms with Crippen molar-refractivity contribution in [1.29, 1.82) is 0 Å². The molecule has 2 aliphatic rings. The zero-order valence-corrected chi connectivity index (χ0v) is 20.1. The first-order valence-corrected chi connectivity index (χ1v) is 12.2. The van der Waals surface area contributed by atoms with Crippen LogP contribution in [0.5, 0.6) is 10.9 Å². The van der Waals surface area contributed by atoms with Gasteiger partial charge in [-0.2, -0.15) is 5.10 Å². The average Bonchev–Trinajstić information content (AvgIpc) is 3.40. The molecule has 2 N–H and O–H groups in total. The van der Waals surface area contributed by atoms with Gasteiger partial charge in [0.05, 0.1) is 16.9 Å². The Morgan fingerprint density at radius 2 is 2.00 bits per heavy atom. The molecule has 2 aromatic heterocycles. The lowest BCUT2D eigenvalue weighted by Gasteiger charge is -2.56. The molecule has 0 saturated carbocycles. The topological polar surface area (TPSA) is 85.1 Å².